The van der Waals surface area contributed by atoms with Gasteiger partial charge in [-0.25, -0.2) is 0 Å². The number of unbranched alkanes of at least 4 members (excludes halogenated alkanes) is 1. The van der Waals surface area contributed by atoms with Gasteiger partial charge in [-0.05, 0) is 30.2 Å². The molecule has 0 saturated carbocycles. The summed E-state index contributed by atoms with van der Waals surface area (Å²) in [6, 6.07) is 7.27. The summed E-state index contributed by atoms with van der Waals surface area (Å²) in [6.45, 7) is 3.36. The van der Waals surface area contributed by atoms with Crippen molar-refractivity contribution >= 4 is 11.7 Å². The number of nitrogens with one attached hydrogen (secondary N) is 2. The fourth-order valence-corrected chi connectivity index (χ4v) is 1.71. The van der Waals surface area contributed by atoms with Crippen molar-refractivity contribution < 1.29 is 4.79 Å². The van der Waals surface area contributed by atoms with E-state index in [0.29, 0.717) is 24.6 Å². The molecule has 6 heteroatoms. The van der Waals surface area contributed by atoms with Gasteiger partial charge in [0.2, 0.25) is 0 Å². The molecular formula is C15H19N5O. The van der Waals surface area contributed by atoms with Crippen molar-refractivity contribution in [3.05, 3.63) is 47.9 Å². The second kappa shape index (κ2) is 7.94. The summed E-state index contributed by atoms with van der Waals surface area (Å²) in [5, 5.41) is 13.9. The van der Waals surface area contributed by atoms with Gasteiger partial charge in [-0.15, -0.1) is 10.2 Å². The van der Waals surface area contributed by atoms with Crippen molar-refractivity contribution in [2.45, 2.75) is 26.3 Å². The molecule has 0 atom stereocenters. The summed E-state index contributed by atoms with van der Waals surface area (Å²) in [5.41, 5.74) is 1.39. The maximum absolute atomic E-state index is 11.8. The summed E-state index contributed by atoms with van der Waals surface area (Å²) in [4.78, 5) is 15.8. The molecule has 1 amide bonds. The van der Waals surface area contributed by atoms with Crippen molar-refractivity contribution in [3.63, 3.8) is 0 Å². The van der Waals surface area contributed by atoms with E-state index in [9.17, 15) is 4.79 Å². The first kappa shape index (κ1) is 14.9. The van der Waals surface area contributed by atoms with Crippen LogP contribution in [0.3, 0.4) is 0 Å². The molecule has 2 aromatic rings. The number of carbonyl (C=O) groups excluding carboxylic acids is 1. The summed E-state index contributed by atoms with van der Waals surface area (Å²) >= 11 is 0. The molecule has 110 valence electrons. The smallest absolute Gasteiger partial charge is 0.271 e. The predicted octanol–water partition coefficient (Wildman–Crippen LogP) is 2.01. The Labute approximate surface area is 124 Å². The normalized spacial score (nSPS) is 10.1. The maximum Gasteiger partial charge on any atom is 0.271 e. The molecule has 2 N–H and O–H groups in total. The minimum Gasteiger partial charge on any atom is -0.364 e. The van der Waals surface area contributed by atoms with E-state index in [1.54, 1.807) is 24.5 Å². The van der Waals surface area contributed by atoms with E-state index in [1.165, 1.54) is 0 Å². The molecule has 0 aliphatic rings. The number of aromatic nitrogens is 3. The van der Waals surface area contributed by atoms with Crippen LogP contribution < -0.4 is 10.6 Å². The molecule has 0 fully saturated rings. The van der Waals surface area contributed by atoms with E-state index in [-0.39, 0.29) is 5.91 Å². The summed E-state index contributed by atoms with van der Waals surface area (Å²) in [7, 11) is 0. The Balaban J connectivity index is 1.85. The number of amides is 1. The number of hydrogen-bond acceptors (Lipinski definition) is 5. The highest BCUT2D eigenvalue weighted by atomic mass is 16.1. The van der Waals surface area contributed by atoms with Crippen molar-refractivity contribution in [3.8, 4) is 0 Å². The molecule has 0 bridgehead atoms. The van der Waals surface area contributed by atoms with Gasteiger partial charge in [0.15, 0.2) is 5.69 Å². The lowest BCUT2D eigenvalue weighted by molar-refractivity contribution is 0.0947. The summed E-state index contributed by atoms with van der Waals surface area (Å²) in [6.07, 6.45) is 5.53. The predicted molar refractivity (Wildman–Crippen MR) is 80.8 cm³/mol. The highest BCUT2D eigenvalue weighted by Crippen LogP contribution is 2.05. The third-order valence-electron chi connectivity index (χ3n) is 2.91. The van der Waals surface area contributed by atoms with E-state index in [2.05, 4.69) is 32.7 Å². The number of anilines is 1. The third-order valence-corrected chi connectivity index (χ3v) is 2.91. The molecule has 0 radical (unpaired) electrons. The zero-order chi connectivity index (χ0) is 14.9. The molecule has 2 rings (SSSR count). The van der Waals surface area contributed by atoms with Crippen molar-refractivity contribution in [1.29, 1.82) is 0 Å². The average molecular weight is 285 g/mol. The zero-order valence-corrected chi connectivity index (χ0v) is 12.0. The third kappa shape index (κ3) is 4.83. The standard InChI is InChI=1S/C15H19N5O/c1-2-3-9-17-15(21)13-6-7-14(20-19-13)18-11-12-5-4-8-16-10-12/h4-8,10H,2-3,9,11H2,1H3,(H,17,21)(H,18,20). The van der Waals surface area contributed by atoms with E-state index < -0.39 is 0 Å². The van der Waals surface area contributed by atoms with Gasteiger partial charge >= 0.3 is 0 Å². The second-order valence-electron chi connectivity index (χ2n) is 4.63. The lowest BCUT2D eigenvalue weighted by Gasteiger charge is -2.06. The van der Waals surface area contributed by atoms with Crippen LogP contribution in [0.2, 0.25) is 0 Å². The van der Waals surface area contributed by atoms with Crippen LogP contribution in [0, 0.1) is 0 Å². The van der Waals surface area contributed by atoms with Crippen LogP contribution in [0.15, 0.2) is 36.7 Å². The maximum atomic E-state index is 11.8. The Bertz CT molecular complexity index is 556. The quantitative estimate of drug-likeness (QED) is 0.761. The molecule has 6 nitrogen and oxygen atoms in total. The topological polar surface area (TPSA) is 79.8 Å². The average Bonchev–Trinajstić information content (AvgIpc) is 2.54. The van der Waals surface area contributed by atoms with Gasteiger partial charge < -0.3 is 10.6 Å². The fourth-order valence-electron chi connectivity index (χ4n) is 1.71. The van der Waals surface area contributed by atoms with Crippen LogP contribution in [0.4, 0.5) is 5.82 Å². The highest BCUT2D eigenvalue weighted by Gasteiger charge is 2.07. The molecular weight excluding hydrogens is 266 g/mol. The number of pyridine rings is 1. The number of hydrogen-bond donors (Lipinski definition) is 2. The minimum absolute atomic E-state index is 0.185. The Kier molecular flexibility index (Phi) is 5.63. The first-order chi connectivity index (χ1) is 10.3. The van der Waals surface area contributed by atoms with Gasteiger partial charge in [0, 0.05) is 25.5 Å². The van der Waals surface area contributed by atoms with Crippen LogP contribution in [0.25, 0.3) is 0 Å². The molecule has 0 unspecified atom stereocenters. The fraction of sp³-hybridized carbons (Fsp3) is 0.333. The van der Waals surface area contributed by atoms with Gasteiger partial charge in [-0.2, -0.15) is 0 Å². The van der Waals surface area contributed by atoms with Gasteiger partial charge in [0.25, 0.3) is 5.91 Å². The lowest BCUT2D eigenvalue weighted by atomic mass is 10.3. The second-order valence-corrected chi connectivity index (χ2v) is 4.63. The van der Waals surface area contributed by atoms with Crippen LogP contribution in [0.1, 0.15) is 35.8 Å². The van der Waals surface area contributed by atoms with Crippen LogP contribution in [-0.2, 0) is 6.54 Å². The Morgan fingerprint density at radius 2 is 2.14 bits per heavy atom. The number of rotatable bonds is 7. The van der Waals surface area contributed by atoms with Gasteiger partial charge in [-0.3, -0.25) is 9.78 Å². The van der Waals surface area contributed by atoms with Gasteiger partial charge in [-0.1, -0.05) is 19.4 Å². The lowest BCUT2D eigenvalue weighted by Crippen LogP contribution is -2.25. The number of carbonyl (C=O) groups is 1. The molecule has 0 spiro atoms. The first-order valence-corrected chi connectivity index (χ1v) is 7.04. The monoisotopic (exact) mass is 285 g/mol. The number of nitrogens with zero attached hydrogens (tertiary/aromatic N) is 3. The van der Waals surface area contributed by atoms with Crippen LogP contribution >= 0.6 is 0 Å². The van der Waals surface area contributed by atoms with E-state index in [4.69, 9.17) is 0 Å². The van der Waals surface area contributed by atoms with Crippen molar-refractivity contribution in [2.75, 3.05) is 11.9 Å². The molecule has 21 heavy (non-hydrogen) atoms. The Morgan fingerprint density at radius 3 is 2.81 bits per heavy atom. The van der Waals surface area contributed by atoms with Crippen molar-refractivity contribution in [1.82, 2.24) is 20.5 Å². The molecule has 2 heterocycles. The molecule has 2 aromatic heterocycles. The minimum atomic E-state index is -0.185. The molecule has 0 saturated heterocycles. The van der Waals surface area contributed by atoms with Crippen molar-refractivity contribution in [2.24, 2.45) is 0 Å². The molecule has 0 aliphatic heterocycles. The molecule has 0 aliphatic carbocycles. The van der Waals surface area contributed by atoms with Crippen LogP contribution in [-0.4, -0.2) is 27.6 Å². The van der Waals surface area contributed by atoms with Gasteiger partial charge in [0.1, 0.15) is 5.82 Å². The first-order valence-electron chi connectivity index (χ1n) is 7.04. The van der Waals surface area contributed by atoms with E-state index >= 15 is 0 Å². The summed E-state index contributed by atoms with van der Waals surface area (Å²) in [5.74, 6) is 0.443. The molecule has 0 aromatic carbocycles. The Morgan fingerprint density at radius 1 is 1.24 bits per heavy atom. The summed E-state index contributed by atoms with van der Waals surface area (Å²) < 4.78 is 0. The van der Waals surface area contributed by atoms with Crippen LogP contribution in [0.5, 0.6) is 0 Å². The Hall–Kier alpha value is -2.50. The van der Waals surface area contributed by atoms with E-state index in [1.807, 2.05) is 12.1 Å². The SMILES string of the molecule is CCCCNC(=O)c1ccc(NCc2cccnc2)nn1. The zero-order valence-electron chi connectivity index (χ0n) is 12.0. The van der Waals surface area contributed by atoms with E-state index in [0.717, 1.165) is 18.4 Å². The largest absolute Gasteiger partial charge is 0.364 e. The highest BCUT2D eigenvalue weighted by molar-refractivity contribution is 5.92. The van der Waals surface area contributed by atoms with Gasteiger partial charge in [0.05, 0.1) is 0 Å².